The van der Waals surface area contributed by atoms with Crippen molar-refractivity contribution < 1.29 is 0 Å². The van der Waals surface area contributed by atoms with Crippen molar-refractivity contribution in [2.24, 2.45) is 0 Å². The van der Waals surface area contributed by atoms with Crippen LogP contribution in [0.25, 0.3) is 11.2 Å². The zero-order valence-corrected chi connectivity index (χ0v) is 15.3. The zero-order chi connectivity index (χ0) is 18.8. The van der Waals surface area contributed by atoms with Crippen molar-refractivity contribution in [2.75, 3.05) is 0 Å². The summed E-state index contributed by atoms with van der Waals surface area (Å²) in [5.41, 5.74) is 3.47. The van der Waals surface area contributed by atoms with Crippen LogP contribution in [-0.2, 0) is 6.54 Å². The van der Waals surface area contributed by atoms with Crippen LogP contribution in [-0.4, -0.2) is 25.0 Å². The monoisotopic (exact) mass is 374 g/mol. The molecule has 0 N–H and O–H groups in total. The fourth-order valence-corrected chi connectivity index (χ4v) is 3.22. The lowest BCUT2D eigenvalue weighted by Gasteiger charge is -2.10. The third-order valence-electron chi connectivity index (χ3n) is 4.31. The van der Waals surface area contributed by atoms with Crippen molar-refractivity contribution in [3.05, 3.63) is 82.3 Å². The Morgan fingerprint density at radius 2 is 1.81 bits per heavy atom. The maximum absolute atomic E-state index is 9.78. The number of fused-ring (bicyclic) bond motifs is 1. The van der Waals surface area contributed by atoms with Crippen molar-refractivity contribution in [3.8, 4) is 6.07 Å². The highest BCUT2D eigenvalue weighted by molar-refractivity contribution is 6.31. The molecule has 2 aromatic heterocycles. The molecule has 0 aliphatic carbocycles. The topological polar surface area (TPSA) is 80.3 Å². The number of aryl methyl sites for hydroxylation is 1. The molecule has 0 saturated carbocycles. The smallest absolute Gasteiger partial charge is 0.182 e. The molecule has 0 spiro atoms. The van der Waals surface area contributed by atoms with E-state index in [4.69, 9.17) is 11.6 Å². The van der Waals surface area contributed by atoms with Crippen LogP contribution in [0, 0.1) is 18.3 Å². The van der Waals surface area contributed by atoms with Crippen LogP contribution < -0.4 is 0 Å². The number of hydrogen-bond donors (Lipinski definition) is 0. The van der Waals surface area contributed by atoms with E-state index in [1.165, 1.54) is 0 Å². The highest BCUT2D eigenvalue weighted by Gasteiger charge is 2.22. The standard InChI is InChI=1S/C20H15ClN6/c1-13-23-18(16(11-22)14-7-3-2-4-8-14)19-20(24-13)27(26-25-19)12-15-9-5-6-10-17(15)21/h2-10,16H,12H2,1H3. The SMILES string of the molecule is Cc1nc(C(C#N)c2ccccc2)c2nnn(Cc3ccccc3Cl)c2n1. The second-order valence-electron chi connectivity index (χ2n) is 6.14. The van der Waals surface area contributed by atoms with E-state index in [0.29, 0.717) is 34.2 Å². The van der Waals surface area contributed by atoms with Gasteiger partial charge in [-0.25, -0.2) is 14.6 Å². The molecule has 6 nitrogen and oxygen atoms in total. The molecule has 4 aromatic rings. The fraction of sp³-hybridized carbons (Fsp3) is 0.150. The number of aromatic nitrogens is 5. The van der Waals surface area contributed by atoms with Crippen molar-refractivity contribution in [1.29, 1.82) is 5.26 Å². The average Bonchev–Trinajstić information content (AvgIpc) is 3.08. The number of rotatable bonds is 4. The predicted octanol–water partition coefficient (Wildman–Crippen LogP) is 3.89. The van der Waals surface area contributed by atoms with Crippen LogP contribution in [0.2, 0.25) is 5.02 Å². The molecular weight excluding hydrogens is 360 g/mol. The van der Waals surface area contributed by atoms with Gasteiger partial charge in [-0.15, -0.1) is 5.10 Å². The summed E-state index contributed by atoms with van der Waals surface area (Å²) in [6, 6.07) is 19.4. The van der Waals surface area contributed by atoms with Gasteiger partial charge in [-0.2, -0.15) is 5.26 Å². The zero-order valence-electron chi connectivity index (χ0n) is 14.5. The van der Waals surface area contributed by atoms with E-state index >= 15 is 0 Å². The third-order valence-corrected chi connectivity index (χ3v) is 4.68. The van der Waals surface area contributed by atoms with Gasteiger partial charge in [0.25, 0.3) is 0 Å². The van der Waals surface area contributed by atoms with Gasteiger partial charge in [-0.1, -0.05) is 65.3 Å². The van der Waals surface area contributed by atoms with Crippen molar-refractivity contribution in [3.63, 3.8) is 0 Å². The molecule has 2 heterocycles. The van der Waals surface area contributed by atoms with E-state index in [-0.39, 0.29) is 0 Å². The second-order valence-corrected chi connectivity index (χ2v) is 6.55. The molecular formula is C20H15ClN6. The van der Waals surface area contributed by atoms with Gasteiger partial charge in [0, 0.05) is 5.02 Å². The van der Waals surface area contributed by atoms with Gasteiger partial charge < -0.3 is 0 Å². The highest BCUT2D eigenvalue weighted by Crippen LogP contribution is 2.27. The molecule has 0 aliphatic rings. The summed E-state index contributed by atoms with van der Waals surface area (Å²) in [5, 5.41) is 19.0. The summed E-state index contributed by atoms with van der Waals surface area (Å²) in [5.74, 6) is 0.0252. The predicted molar refractivity (Wildman–Crippen MR) is 102 cm³/mol. The minimum atomic E-state index is -0.541. The van der Waals surface area contributed by atoms with Crippen molar-refractivity contribution in [2.45, 2.75) is 19.4 Å². The molecule has 27 heavy (non-hydrogen) atoms. The molecule has 0 saturated heterocycles. The highest BCUT2D eigenvalue weighted by atomic mass is 35.5. The van der Waals surface area contributed by atoms with Crippen LogP contribution in [0.5, 0.6) is 0 Å². The Labute approximate surface area is 161 Å². The molecule has 0 aliphatic heterocycles. The molecule has 0 amide bonds. The second kappa shape index (κ2) is 7.14. The van der Waals surface area contributed by atoms with Gasteiger partial charge in [0.1, 0.15) is 11.7 Å². The van der Waals surface area contributed by atoms with Gasteiger partial charge in [0.15, 0.2) is 11.2 Å². The lowest BCUT2D eigenvalue weighted by molar-refractivity contribution is 0.663. The van der Waals surface area contributed by atoms with E-state index in [1.54, 1.807) is 11.6 Å². The van der Waals surface area contributed by atoms with E-state index in [2.05, 4.69) is 26.3 Å². The minimum absolute atomic E-state index is 0.439. The first-order chi connectivity index (χ1) is 13.2. The maximum atomic E-state index is 9.78. The number of nitriles is 1. The summed E-state index contributed by atoms with van der Waals surface area (Å²) in [6.07, 6.45) is 0. The first kappa shape index (κ1) is 17.1. The summed E-state index contributed by atoms with van der Waals surface area (Å²) in [4.78, 5) is 9.02. The molecule has 1 unspecified atom stereocenters. The van der Waals surface area contributed by atoms with Gasteiger partial charge in [-0.3, -0.25) is 0 Å². The molecule has 7 heteroatoms. The Hall–Kier alpha value is -3.30. The third kappa shape index (κ3) is 3.25. The lowest BCUT2D eigenvalue weighted by atomic mass is 9.96. The Balaban J connectivity index is 1.83. The molecule has 0 radical (unpaired) electrons. The van der Waals surface area contributed by atoms with Gasteiger partial charge in [0.2, 0.25) is 0 Å². The number of hydrogen-bond acceptors (Lipinski definition) is 5. The molecule has 4 rings (SSSR count). The van der Waals surface area contributed by atoms with Gasteiger partial charge in [0.05, 0.1) is 18.3 Å². The van der Waals surface area contributed by atoms with Crippen molar-refractivity contribution in [1.82, 2.24) is 25.0 Å². The Morgan fingerprint density at radius 3 is 2.56 bits per heavy atom. The number of benzene rings is 2. The fourth-order valence-electron chi connectivity index (χ4n) is 3.02. The van der Waals surface area contributed by atoms with Crippen LogP contribution in [0.15, 0.2) is 54.6 Å². The van der Waals surface area contributed by atoms with Crippen LogP contribution in [0.1, 0.15) is 28.6 Å². The van der Waals surface area contributed by atoms with Crippen LogP contribution in [0.3, 0.4) is 0 Å². The molecule has 0 fully saturated rings. The first-order valence-electron chi connectivity index (χ1n) is 8.43. The normalized spacial score (nSPS) is 12.0. The van der Waals surface area contributed by atoms with E-state index < -0.39 is 5.92 Å². The lowest BCUT2D eigenvalue weighted by Crippen LogP contribution is -2.07. The van der Waals surface area contributed by atoms with E-state index in [9.17, 15) is 5.26 Å². The molecule has 0 bridgehead atoms. The quantitative estimate of drug-likeness (QED) is 0.541. The average molecular weight is 375 g/mol. The van der Waals surface area contributed by atoms with E-state index in [0.717, 1.165) is 11.1 Å². The summed E-state index contributed by atoms with van der Waals surface area (Å²) in [6.45, 7) is 2.24. The molecule has 2 aromatic carbocycles. The van der Waals surface area contributed by atoms with E-state index in [1.807, 2.05) is 54.6 Å². The Morgan fingerprint density at radius 1 is 1.07 bits per heavy atom. The minimum Gasteiger partial charge on any atom is -0.234 e. The Kier molecular flexibility index (Phi) is 4.53. The molecule has 132 valence electrons. The summed E-state index contributed by atoms with van der Waals surface area (Å²) < 4.78 is 1.69. The Bertz CT molecular complexity index is 1150. The van der Waals surface area contributed by atoms with Crippen LogP contribution in [0.4, 0.5) is 0 Å². The largest absolute Gasteiger partial charge is 0.234 e. The van der Waals surface area contributed by atoms with Crippen molar-refractivity contribution >= 4 is 22.8 Å². The maximum Gasteiger partial charge on any atom is 0.182 e. The number of nitrogens with zero attached hydrogens (tertiary/aromatic N) is 6. The van der Waals surface area contributed by atoms with Gasteiger partial charge in [-0.05, 0) is 24.1 Å². The first-order valence-corrected chi connectivity index (χ1v) is 8.81. The summed E-state index contributed by atoms with van der Waals surface area (Å²) >= 11 is 6.27. The van der Waals surface area contributed by atoms with Gasteiger partial charge >= 0.3 is 0 Å². The van der Waals surface area contributed by atoms with Crippen LogP contribution >= 0.6 is 11.6 Å². The number of halogens is 1. The summed E-state index contributed by atoms with van der Waals surface area (Å²) in [7, 11) is 0. The molecule has 1 atom stereocenters.